The molecule has 0 aliphatic heterocycles. The minimum absolute atomic E-state index is 0.0994. The third-order valence-corrected chi connectivity index (χ3v) is 5.62. The molecule has 176 valence electrons. The monoisotopic (exact) mass is 483 g/mol. The number of nitrogens with zero attached hydrogens (tertiary/aromatic N) is 3. The van der Waals surface area contributed by atoms with Gasteiger partial charge in [-0.2, -0.15) is 0 Å². The Bertz CT molecular complexity index is 1380. The quantitative estimate of drug-likeness (QED) is 0.375. The molecule has 0 fully saturated rings. The maximum absolute atomic E-state index is 14.5. The van der Waals surface area contributed by atoms with Crippen LogP contribution in [0, 0.1) is 19.7 Å². The van der Waals surface area contributed by atoms with E-state index in [1.807, 2.05) is 13.8 Å². The first-order chi connectivity index (χ1) is 16.1. The highest BCUT2D eigenvalue weighted by atomic mass is 35.5. The number of hydrogen-bond acceptors (Lipinski definition) is 7. The molecule has 1 atom stereocenters. The molecule has 4 N–H and O–H groups in total. The van der Waals surface area contributed by atoms with Crippen molar-refractivity contribution in [1.82, 2.24) is 20.3 Å². The summed E-state index contributed by atoms with van der Waals surface area (Å²) in [6, 6.07) is 6.40. The fourth-order valence-corrected chi connectivity index (χ4v) is 3.98. The Balaban J connectivity index is 1.58. The molecule has 0 saturated carbocycles. The summed E-state index contributed by atoms with van der Waals surface area (Å²) in [5.74, 6) is -0.575. The SMILES string of the molecule is Cc1cc(N)nc(C)c1CNC(=O)c1oc(Cc2cc(F)c3ncc(Cl)cc3c2)nc1C(C)O. The summed E-state index contributed by atoms with van der Waals surface area (Å²) in [7, 11) is 0. The molecule has 0 radical (unpaired) electrons. The van der Waals surface area contributed by atoms with Gasteiger partial charge < -0.3 is 20.6 Å². The molecule has 8 nitrogen and oxygen atoms in total. The van der Waals surface area contributed by atoms with Crippen molar-refractivity contribution in [3.8, 4) is 0 Å². The molecule has 1 aromatic carbocycles. The van der Waals surface area contributed by atoms with E-state index in [1.165, 1.54) is 19.2 Å². The molecule has 0 aliphatic carbocycles. The van der Waals surface area contributed by atoms with Gasteiger partial charge in [-0.05, 0) is 61.7 Å². The number of carbonyl (C=O) groups excluding carboxylic acids is 1. The number of benzene rings is 1. The van der Waals surface area contributed by atoms with Crippen molar-refractivity contribution in [2.45, 2.75) is 39.8 Å². The third kappa shape index (κ3) is 4.85. The zero-order chi connectivity index (χ0) is 24.6. The van der Waals surface area contributed by atoms with Crippen LogP contribution in [0.15, 0.2) is 34.9 Å². The van der Waals surface area contributed by atoms with Crippen molar-refractivity contribution in [1.29, 1.82) is 0 Å². The smallest absolute Gasteiger partial charge is 0.289 e. The second kappa shape index (κ2) is 9.36. The normalized spacial score (nSPS) is 12.2. The number of hydrogen-bond donors (Lipinski definition) is 3. The number of aliphatic hydroxyl groups is 1. The number of carbonyl (C=O) groups is 1. The van der Waals surface area contributed by atoms with Gasteiger partial charge in [-0.25, -0.2) is 14.4 Å². The van der Waals surface area contributed by atoms with Gasteiger partial charge in [-0.1, -0.05) is 11.6 Å². The summed E-state index contributed by atoms with van der Waals surface area (Å²) < 4.78 is 20.2. The van der Waals surface area contributed by atoms with Gasteiger partial charge in [0.2, 0.25) is 5.76 Å². The van der Waals surface area contributed by atoms with E-state index in [0.29, 0.717) is 27.5 Å². The predicted octanol–water partition coefficient (Wildman–Crippen LogP) is 4.18. The topological polar surface area (TPSA) is 127 Å². The Morgan fingerprint density at radius 3 is 2.74 bits per heavy atom. The van der Waals surface area contributed by atoms with Gasteiger partial charge in [0.1, 0.15) is 22.8 Å². The first kappa shape index (κ1) is 23.6. The van der Waals surface area contributed by atoms with Crippen molar-refractivity contribution < 1.29 is 18.7 Å². The summed E-state index contributed by atoms with van der Waals surface area (Å²) in [6.07, 6.45) is 0.437. The molecule has 3 heterocycles. The van der Waals surface area contributed by atoms with Crippen LogP contribution in [-0.4, -0.2) is 26.0 Å². The average molecular weight is 484 g/mol. The lowest BCUT2D eigenvalue weighted by Gasteiger charge is -2.11. The van der Waals surface area contributed by atoms with E-state index in [2.05, 4.69) is 20.3 Å². The predicted molar refractivity (Wildman–Crippen MR) is 126 cm³/mol. The van der Waals surface area contributed by atoms with Gasteiger partial charge in [0, 0.05) is 30.2 Å². The molecule has 1 unspecified atom stereocenters. The van der Waals surface area contributed by atoms with E-state index >= 15 is 0 Å². The molecule has 3 aromatic heterocycles. The van der Waals surface area contributed by atoms with Crippen molar-refractivity contribution in [2.24, 2.45) is 0 Å². The van der Waals surface area contributed by atoms with Crippen LogP contribution in [-0.2, 0) is 13.0 Å². The fraction of sp³-hybridized carbons (Fsp3) is 0.250. The number of anilines is 1. The Morgan fingerprint density at radius 2 is 2.03 bits per heavy atom. The van der Waals surface area contributed by atoms with Crippen LogP contribution in [0.2, 0.25) is 5.02 Å². The fourth-order valence-electron chi connectivity index (χ4n) is 3.82. The van der Waals surface area contributed by atoms with Crippen molar-refractivity contribution >= 4 is 34.2 Å². The van der Waals surface area contributed by atoms with Crippen molar-refractivity contribution in [3.05, 3.63) is 81.0 Å². The number of amides is 1. The van der Waals surface area contributed by atoms with Crippen LogP contribution in [0.1, 0.15) is 57.6 Å². The van der Waals surface area contributed by atoms with Gasteiger partial charge >= 0.3 is 0 Å². The number of nitrogen functional groups attached to an aromatic ring is 1. The summed E-state index contributed by atoms with van der Waals surface area (Å²) in [5, 5.41) is 13.8. The molecule has 1 amide bonds. The molecule has 4 rings (SSSR count). The molecule has 0 bridgehead atoms. The Hall–Kier alpha value is -3.56. The minimum atomic E-state index is -1.05. The van der Waals surface area contributed by atoms with E-state index in [-0.39, 0.29) is 35.8 Å². The van der Waals surface area contributed by atoms with Crippen LogP contribution in [0.4, 0.5) is 10.2 Å². The van der Waals surface area contributed by atoms with Crippen molar-refractivity contribution in [3.63, 3.8) is 0 Å². The molecular weight excluding hydrogens is 461 g/mol. The van der Waals surface area contributed by atoms with Crippen LogP contribution < -0.4 is 11.1 Å². The lowest BCUT2D eigenvalue weighted by molar-refractivity contribution is 0.0912. The summed E-state index contributed by atoms with van der Waals surface area (Å²) in [5.41, 5.74) is 9.05. The maximum Gasteiger partial charge on any atom is 0.289 e. The summed E-state index contributed by atoms with van der Waals surface area (Å²) in [6.45, 7) is 5.37. The largest absolute Gasteiger partial charge is 0.435 e. The highest BCUT2D eigenvalue weighted by Gasteiger charge is 2.24. The van der Waals surface area contributed by atoms with E-state index in [4.69, 9.17) is 21.8 Å². The van der Waals surface area contributed by atoms with Crippen LogP contribution in [0.3, 0.4) is 0 Å². The number of oxazole rings is 1. The first-order valence-electron chi connectivity index (χ1n) is 10.5. The second-order valence-electron chi connectivity index (χ2n) is 8.09. The molecular formula is C24H23ClFN5O3. The third-order valence-electron chi connectivity index (χ3n) is 5.42. The van der Waals surface area contributed by atoms with Crippen LogP contribution >= 0.6 is 11.6 Å². The Morgan fingerprint density at radius 1 is 1.26 bits per heavy atom. The second-order valence-corrected chi connectivity index (χ2v) is 8.52. The van der Waals surface area contributed by atoms with Gasteiger partial charge in [-0.3, -0.25) is 9.78 Å². The van der Waals surface area contributed by atoms with Crippen LogP contribution in [0.5, 0.6) is 0 Å². The number of pyridine rings is 2. The molecule has 10 heteroatoms. The van der Waals surface area contributed by atoms with Crippen molar-refractivity contribution in [2.75, 3.05) is 5.73 Å². The molecule has 0 spiro atoms. The van der Waals surface area contributed by atoms with E-state index in [1.54, 1.807) is 18.2 Å². The van der Waals surface area contributed by atoms with Gasteiger partial charge in [0.15, 0.2) is 5.89 Å². The van der Waals surface area contributed by atoms with E-state index in [9.17, 15) is 14.3 Å². The minimum Gasteiger partial charge on any atom is -0.435 e. The lowest BCUT2D eigenvalue weighted by atomic mass is 10.1. The molecule has 0 aliphatic rings. The number of fused-ring (bicyclic) bond motifs is 1. The summed E-state index contributed by atoms with van der Waals surface area (Å²) in [4.78, 5) is 25.4. The summed E-state index contributed by atoms with van der Waals surface area (Å²) >= 11 is 5.98. The van der Waals surface area contributed by atoms with Gasteiger partial charge in [0.25, 0.3) is 5.91 Å². The van der Waals surface area contributed by atoms with E-state index < -0.39 is 17.8 Å². The first-order valence-corrected chi connectivity index (χ1v) is 10.9. The number of halogens is 2. The molecule has 0 saturated heterocycles. The molecule has 34 heavy (non-hydrogen) atoms. The standard InChI is InChI=1S/C24H23ClFN5O3/c1-11-4-19(27)30-12(2)17(11)10-29-24(33)23-21(13(3)32)31-20(34-23)7-14-5-15-8-16(25)9-28-22(15)18(26)6-14/h4-6,8-9,13,32H,7,10H2,1-3H3,(H2,27,30)(H,29,33). The lowest BCUT2D eigenvalue weighted by Crippen LogP contribution is -2.25. The van der Waals surface area contributed by atoms with Crippen LogP contribution in [0.25, 0.3) is 10.9 Å². The number of nitrogens with one attached hydrogen (secondary N) is 1. The Labute approximate surface area is 200 Å². The Kier molecular flexibility index (Phi) is 6.49. The average Bonchev–Trinajstić information content (AvgIpc) is 3.16. The number of aryl methyl sites for hydroxylation is 2. The molecule has 4 aromatic rings. The number of nitrogens with two attached hydrogens (primary N) is 1. The van der Waals surface area contributed by atoms with E-state index in [0.717, 1.165) is 11.1 Å². The number of aromatic nitrogens is 3. The number of rotatable bonds is 6. The van der Waals surface area contributed by atoms with Gasteiger partial charge in [-0.15, -0.1) is 0 Å². The zero-order valence-electron chi connectivity index (χ0n) is 18.8. The van der Waals surface area contributed by atoms with Gasteiger partial charge in [0.05, 0.1) is 11.1 Å². The maximum atomic E-state index is 14.5. The number of aliphatic hydroxyl groups excluding tert-OH is 1. The highest BCUT2D eigenvalue weighted by molar-refractivity contribution is 6.31. The highest BCUT2D eigenvalue weighted by Crippen LogP contribution is 2.25. The zero-order valence-corrected chi connectivity index (χ0v) is 19.6.